The Morgan fingerprint density at radius 1 is 1.05 bits per heavy atom. The molecule has 1 aliphatic carbocycles. The van der Waals surface area contributed by atoms with Gasteiger partial charge in [0.15, 0.2) is 17.4 Å². The maximum Gasteiger partial charge on any atom is 0.233 e. The van der Waals surface area contributed by atoms with Gasteiger partial charge in [0.1, 0.15) is 0 Å². The molecule has 1 aliphatic heterocycles. The van der Waals surface area contributed by atoms with Gasteiger partial charge >= 0.3 is 0 Å². The fourth-order valence-corrected chi connectivity index (χ4v) is 2.93. The van der Waals surface area contributed by atoms with Gasteiger partial charge in [-0.3, -0.25) is 19.3 Å². The zero-order chi connectivity index (χ0) is 15.9. The predicted octanol–water partition coefficient (Wildman–Crippen LogP) is 2.10. The molecule has 22 heavy (non-hydrogen) atoms. The number of likely N-dealkylation sites (tertiary alicyclic amines) is 1. The molecule has 1 aromatic rings. The van der Waals surface area contributed by atoms with E-state index in [1.807, 2.05) is 12.2 Å². The molecule has 0 bridgehead atoms. The number of hydrogen-bond acceptors (Lipinski definition) is 3. The summed E-state index contributed by atoms with van der Waals surface area (Å²) in [4.78, 5) is 37.5. The number of fused-ring (bicyclic) bond motifs is 1. The molecule has 0 unspecified atom stereocenters. The lowest BCUT2D eigenvalue weighted by Gasteiger charge is -2.14. The molecular weight excluding hydrogens is 292 g/mol. The maximum atomic E-state index is 13.2. The van der Waals surface area contributed by atoms with E-state index in [4.69, 9.17) is 0 Å². The molecule has 2 aliphatic rings. The van der Waals surface area contributed by atoms with Gasteiger partial charge in [0.2, 0.25) is 11.8 Å². The zero-order valence-corrected chi connectivity index (χ0v) is 11.6. The third-order valence-electron chi connectivity index (χ3n) is 4.14. The van der Waals surface area contributed by atoms with Crippen LogP contribution < -0.4 is 0 Å². The van der Waals surface area contributed by atoms with E-state index in [0.29, 0.717) is 12.8 Å². The van der Waals surface area contributed by atoms with Crippen LogP contribution in [0, 0.1) is 23.5 Å². The largest absolute Gasteiger partial charge is 0.292 e. The molecule has 6 heteroatoms. The number of hydrogen-bond donors (Lipinski definition) is 0. The van der Waals surface area contributed by atoms with Crippen LogP contribution in [0.3, 0.4) is 0 Å². The lowest BCUT2D eigenvalue weighted by atomic mass is 9.85. The van der Waals surface area contributed by atoms with Crippen molar-refractivity contribution in [2.24, 2.45) is 11.8 Å². The predicted molar refractivity (Wildman–Crippen MR) is 72.8 cm³/mol. The summed E-state index contributed by atoms with van der Waals surface area (Å²) in [5.41, 5.74) is -0.0625. The topological polar surface area (TPSA) is 54.5 Å². The quantitative estimate of drug-likeness (QED) is 0.488. The molecule has 114 valence electrons. The van der Waals surface area contributed by atoms with Crippen LogP contribution in [0.1, 0.15) is 23.2 Å². The van der Waals surface area contributed by atoms with Crippen molar-refractivity contribution in [2.45, 2.75) is 12.8 Å². The number of amides is 2. The number of allylic oxidation sites excluding steroid dienone is 2. The minimum Gasteiger partial charge on any atom is -0.292 e. The van der Waals surface area contributed by atoms with Crippen LogP contribution in [0.15, 0.2) is 30.4 Å². The first kappa shape index (κ1) is 14.6. The summed E-state index contributed by atoms with van der Waals surface area (Å²) in [6, 6.07) is 2.76. The van der Waals surface area contributed by atoms with E-state index >= 15 is 0 Å². The number of halogens is 2. The number of nitrogens with zero attached hydrogens (tertiary/aromatic N) is 1. The highest BCUT2D eigenvalue weighted by atomic mass is 19.2. The summed E-state index contributed by atoms with van der Waals surface area (Å²) in [5.74, 6) is -4.33. The average Bonchev–Trinajstić information content (AvgIpc) is 2.75. The van der Waals surface area contributed by atoms with Gasteiger partial charge in [-0.1, -0.05) is 12.2 Å². The first-order chi connectivity index (χ1) is 10.5. The lowest BCUT2D eigenvalue weighted by molar-refractivity contribution is -0.139. The average molecular weight is 305 g/mol. The number of rotatable bonds is 3. The Hall–Kier alpha value is -2.37. The molecule has 1 fully saturated rings. The highest BCUT2D eigenvalue weighted by Gasteiger charge is 2.47. The Morgan fingerprint density at radius 2 is 1.64 bits per heavy atom. The van der Waals surface area contributed by atoms with E-state index < -0.39 is 35.8 Å². The SMILES string of the molecule is O=C(CN1C(=O)[C@H]2CC=CC[C@H]2C1=O)c1ccc(F)c(F)c1. The van der Waals surface area contributed by atoms with Crippen LogP contribution in [0.5, 0.6) is 0 Å². The van der Waals surface area contributed by atoms with Gasteiger partial charge in [-0.25, -0.2) is 8.78 Å². The molecule has 0 spiro atoms. The zero-order valence-electron chi connectivity index (χ0n) is 11.6. The fourth-order valence-electron chi connectivity index (χ4n) is 2.93. The maximum absolute atomic E-state index is 13.2. The molecule has 0 N–H and O–H groups in total. The van der Waals surface area contributed by atoms with Crippen molar-refractivity contribution >= 4 is 17.6 Å². The molecule has 0 aromatic heterocycles. The summed E-state index contributed by atoms with van der Waals surface area (Å²) in [7, 11) is 0. The summed E-state index contributed by atoms with van der Waals surface area (Å²) >= 11 is 0. The van der Waals surface area contributed by atoms with Crippen molar-refractivity contribution in [3.63, 3.8) is 0 Å². The van der Waals surface area contributed by atoms with Crippen LogP contribution >= 0.6 is 0 Å². The van der Waals surface area contributed by atoms with Crippen molar-refractivity contribution in [2.75, 3.05) is 6.54 Å². The van der Waals surface area contributed by atoms with Gasteiger partial charge < -0.3 is 0 Å². The van der Waals surface area contributed by atoms with E-state index in [9.17, 15) is 23.2 Å². The van der Waals surface area contributed by atoms with Crippen molar-refractivity contribution in [1.82, 2.24) is 4.90 Å². The van der Waals surface area contributed by atoms with Gasteiger partial charge in [-0.15, -0.1) is 0 Å². The fraction of sp³-hybridized carbons (Fsp3) is 0.312. The van der Waals surface area contributed by atoms with Crippen LogP contribution in [0.4, 0.5) is 8.78 Å². The first-order valence-electron chi connectivity index (χ1n) is 6.97. The van der Waals surface area contributed by atoms with Crippen molar-refractivity contribution in [3.05, 3.63) is 47.5 Å². The van der Waals surface area contributed by atoms with E-state index in [1.54, 1.807) is 0 Å². The highest BCUT2D eigenvalue weighted by molar-refractivity contribution is 6.10. The molecule has 0 radical (unpaired) electrons. The lowest BCUT2D eigenvalue weighted by Crippen LogP contribution is -2.36. The second-order valence-corrected chi connectivity index (χ2v) is 5.47. The van der Waals surface area contributed by atoms with Crippen LogP contribution in [-0.2, 0) is 9.59 Å². The van der Waals surface area contributed by atoms with Crippen molar-refractivity contribution in [3.8, 4) is 0 Å². The third kappa shape index (κ3) is 2.34. The molecule has 1 aromatic carbocycles. The second-order valence-electron chi connectivity index (χ2n) is 5.47. The second kappa shape index (κ2) is 5.44. The summed E-state index contributed by atoms with van der Waals surface area (Å²) in [6.07, 6.45) is 4.69. The van der Waals surface area contributed by atoms with E-state index in [2.05, 4.69) is 0 Å². The van der Waals surface area contributed by atoms with Crippen molar-refractivity contribution < 1.29 is 23.2 Å². The summed E-state index contributed by atoms with van der Waals surface area (Å²) in [6.45, 7) is -0.435. The Kier molecular flexibility index (Phi) is 3.60. The summed E-state index contributed by atoms with van der Waals surface area (Å²) in [5, 5.41) is 0. The van der Waals surface area contributed by atoms with Gasteiger partial charge in [0.25, 0.3) is 0 Å². The van der Waals surface area contributed by atoms with Gasteiger partial charge in [0.05, 0.1) is 18.4 Å². The molecule has 4 nitrogen and oxygen atoms in total. The molecule has 2 atom stereocenters. The minimum atomic E-state index is -1.14. The molecule has 3 rings (SSSR count). The smallest absolute Gasteiger partial charge is 0.233 e. The Balaban J connectivity index is 1.78. The normalized spacial score (nSPS) is 23.8. The number of ketones is 1. The van der Waals surface area contributed by atoms with Crippen molar-refractivity contribution in [1.29, 1.82) is 0 Å². The Labute approximate surface area is 125 Å². The Bertz CT molecular complexity index is 673. The standard InChI is InChI=1S/C16H13F2NO3/c17-12-6-5-9(7-13(12)18)14(20)8-19-15(21)10-3-1-2-4-11(10)16(19)22/h1-2,5-7,10-11H,3-4,8H2/t10-,11+. The van der Waals surface area contributed by atoms with Crippen LogP contribution in [0.25, 0.3) is 0 Å². The van der Waals surface area contributed by atoms with Crippen LogP contribution in [0.2, 0.25) is 0 Å². The first-order valence-corrected chi connectivity index (χ1v) is 6.97. The van der Waals surface area contributed by atoms with Gasteiger partial charge in [-0.05, 0) is 31.0 Å². The monoisotopic (exact) mass is 305 g/mol. The van der Waals surface area contributed by atoms with E-state index in [1.165, 1.54) is 0 Å². The molecule has 2 amide bonds. The number of benzene rings is 1. The minimum absolute atomic E-state index is 0.0625. The molecule has 1 heterocycles. The number of carbonyl (C=O) groups is 3. The summed E-state index contributed by atoms with van der Waals surface area (Å²) < 4.78 is 26.0. The highest BCUT2D eigenvalue weighted by Crippen LogP contribution is 2.35. The molecular formula is C16H13F2NO3. The van der Waals surface area contributed by atoms with Gasteiger partial charge in [-0.2, -0.15) is 0 Å². The number of imide groups is 1. The number of Topliss-reactive ketones (excluding diaryl/α,β-unsaturated/α-hetero) is 1. The third-order valence-corrected chi connectivity index (χ3v) is 4.14. The molecule has 1 saturated heterocycles. The number of carbonyl (C=O) groups excluding carboxylic acids is 3. The van der Waals surface area contributed by atoms with Gasteiger partial charge in [0, 0.05) is 5.56 Å². The Morgan fingerprint density at radius 3 is 2.18 bits per heavy atom. The molecule has 0 saturated carbocycles. The van der Waals surface area contributed by atoms with Crippen LogP contribution in [-0.4, -0.2) is 29.0 Å². The van der Waals surface area contributed by atoms with E-state index in [-0.39, 0.29) is 17.4 Å². The van der Waals surface area contributed by atoms with E-state index in [0.717, 1.165) is 23.1 Å².